The van der Waals surface area contributed by atoms with Gasteiger partial charge in [-0.25, -0.2) is 9.37 Å². The molecular formula is C17H21FN4O. The molecule has 0 aliphatic carbocycles. The van der Waals surface area contributed by atoms with Gasteiger partial charge in [0, 0.05) is 27.1 Å². The maximum Gasteiger partial charge on any atom is 0.226 e. The number of nitrogens with zero attached hydrogens (tertiary/aromatic N) is 4. The SMILES string of the molecule is Cc1ccc(OC2CCN(c3nc(N(C)C)ncc3F)C2)cc1. The molecule has 0 N–H and O–H groups in total. The minimum absolute atomic E-state index is 0.0369. The number of hydrogen-bond acceptors (Lipinski definition) is 5. The van der Waals surface area contributed by atoms with E-state index in [-0.39, 0.29) is 6.10 Å². The van der Waals surface area contributed by atoms with Gasteiger partial charge in [-0.3, -0.25) is 0 Å². The summed E-state index contributed by atoms with van der Waals surface area (Å²) in [4.78, 5) is 12.0. The smallest absolute Gasteiger partial charge is 0.226 e. The van der Waals surface area contributed by atoms with Gasteiger partial charge < -0.3 is 14.5 Å². The van der Waals surface area contributed by atoms with E-state index in [0.29, 0.717) is 18.3 Å². The van der Waals surface area contributed by atoms with E-state index in [1.54, 1.807) is 4.90 Å². The van der Waals surface area contributed by atoms with Crippen LogP contribution < -0.4 is 14.5 Å². The Labute approximate surface area is 135 Å². The minimum atomic E-state index is -0.397. The Kier molecular flexibility index (Phi) is 4.32. The fourth-order valence-corrected chi connectivity index (χ4v) is 2.61. The van der Waals surface area contributed by atoms with Crippen molar-refractivity contribution in [2.75, 3.05) is 37.0 Å². The first-order valence-corrected chi connectivity index (χ1v) is 7.71. The molecule has 1 unspecified atom stereocenters. The molecular weight excluding hydrogens is 295 g/mol. The lowest BCUT2D eigenvalue weighted by Crippen LogP contribution is -2.27. The van der Waals surface area contributed by atoms with Crippen molar-refractivity contribution in [1.29, 1.82) is 0 Å². The molecule has 1 atom stereocenters. The zero-order valence-corrected chi connectivity index (χ0v) is 13.7. The molecule has 1 aromatic carbocycles. The average Bonchev–Trinajstić information content (AvgIpc) is 2.98. The third kappa shape index (κ3) is 3.52. The van der Waals surface area contributed by atoms with Crippen LogP contribution in [0.4, 0.5) is 16.2 Å². The Morgan fingerprint density at radius 1 is 1.26 bits per heavy atom. The molecule has 0 amide bonds. The normalized spacial score (nSPS) is 17.4. The summed E-state index contributed by atoms with van der Waals surface area (Å²) in [5.41, 5.74) is 1.20. The van der Waals surface area contributed by atoms with Gasteiger partial charge in [0.2, 0.25) is 5.95 Å². The van der Waals surface area contributed by atoms with Gasteiger partial charge in [0.15, 0.2) is 11.6 Å². The molecule has 5 nitrogen and oxygen atoms in total. The highest BCUT2D eigenvalue weighted by atomic mass is 19.1. The standard InChI is InChI=1S/C17H21FN4O/c1-12-4-6-13(7-5-12)23-14-8-9-22(11-14)16-15(18)10-19-17(20-16)21(2)3/h4-7,10,14H,8-9,11H2,1-3H3. The zero-order chi connectivity index (χ0) is 16.4. The van der Waals surface area contributed by atoms with Crippen LogP contribution in [-0.2, 0) is 0 Å². The highest BCUT2D eigenvalue weighted by Crippen LogP contribution is 2.25. The molecule has 122 valence electrons. The summed E-state index contributed by atoms with van der Waals surface area (Å²) in [6.45, 7) is 3.38. The van der Waals surface area contributed by atoms with Crippen LogP contribution >= 0.6 is 0 Å². The molecule has 23 heavy (non-hydrogen) atoms. The monoisotopic (exact) mass is 316 g/mol. The Bertz CT molecular complexity index is 675. The van der Waals surface area contributed by atoms with Crippen molar-refractivity contribution < 1.29 is 9.13 Å². The summed E-state index contributed by atoms with van der Waals surface area (Å²) in [6.07, 6.45) is 2.11. The van der Waals surface area contributed by atoms with Crippen LogP contribution in [0.25, 0.3) is 0 Å². The van der Waals surface area contributed by atoms with Crippen molar-refractivity contribution in [2.24, 2.45) is 0 Å². The Morgan fingerprint density at radius 2 is 2.00 bits per heavy atom. The fraction of sp³-hybridized carbons (Fsp3) is 0.412. The lowest BCUT2D eigenvalue weighted by molar-refractivity contribution is 0.225. The first-order chi connectivity index (χ1) is 11.0. The van der Waals surface area contributed by atoms with E-state index in [9.17, 15) is 4.39 Å². The molecule has 1 aliphatic rings. The van der Waals surface area contributed by atoms with Crippen LogP contribution in [-0.4, -0.2) is 43.3 Å². The van der Waals surface area contributed by atoms with Crippen molar-refractivity contribution >= 4 is 11.8 Å². The van der Waals surface area contributed by atoms with Gasteiger partial charge >= 0.3 is 0 Å². The van der Waals surface area contributed by atoms with E-state index in [1.165, 1.54) is 11.8 Å². The lowest BCUT2D eigenvalue weighted by Gasteiger charge is -2.20. The summed E-state index contributed by atoms with van der Waals surface area (Å²) in [5.74, 6) is 1.30. The molecule has 3 rings (SSSR count). The van der Waals surface area contributed by atoms with Crippen LogP contribution in [0.2, 0.25) is 0 Å². The molecule has 1 fully saturated rings. The predicted octanol–water partition coefficient (Wildman–Crippen LogP) is 2.65. The summed E-state index contributed by atoms with van der Waals surface area (Å²) >= 11 is 0. The third-order valence-corrected chi connectivity index (χ3v) is 3.88. The van der Waals surface area contributed by atoms with Gasteiger partial charge in [0.05, 0.1) is 12.7 Å². The topological polar surface area (TPSA) is 41.5 Å². The molecule has 1 aliphatic heterocycles. The van der Waals surface area contributed by atoms with Crippen molar-refractivity contribution in [3.63, 3.8) is 0 Å². The number of aromatic nitrogens is 2. The first kappa shape index (κ1) is 15.5. The van der Waals surface area contributed by atoms with Crippen molar-refractivity contribution in [1.82, 2.24) is 9.97 Å². The maximum atomic E-state index is 14.1. The van der Waals surface area contributed by atoms with Gasteiger partial charge in [-0.1, -0.05) is 17.7 Å². The molecule has 1 saturated heterocycles. The van der Waals surface area contributed by atoms with Gasteiger partial charge in [-0.2, -0.15) is 4.98 Å². The Balaban J connectivity index is 1.70. The van der Waals surface area contributed by atoms with E-state index in [1.807, 2.05) is 50.2 Å². The molecule has 0 spiro atoms. The minimum Gasteiger partial charge on any atom is -0.489 e. The van der Waals surface area contributed by atoms with E-state index >= 15 is 0 Å². The molecule has 1 aromatic heterocycles. The second-order valence-corrected chi connectivity index (χ2v) is 6.02. The number of benzene rings is 1. The molecule has 0 bridgehead atoms. The van der Waals surface area contributed by atoms with Crippen LogP contribution in [0.1, 0.15) is 12.0 Å². The van der Waals surface area contributed by atoms with Crippen molar-refractivity contribution in [3.05, 3.63) is 41.8 Å². The number of anilines is 2. The quantitative estimate of drug-likeness (QED) is 0.867. The number of ether oxygens (including phenoxy) is 1. The van der Waals surface area contributed by atoms with Crippen LogP contribution in [0.3, 0.4) is 0 Å². The second kappa shape index (κ2) is 6.40. The maximum absolute atomic E-state index is 14.1. The van der Waals surface area contributed by atoms with Gasteiger partial charge in [0.25, 0.3) is 0 Å². The highest BCUT2D eigenvalue weighted by Gasteiger charge is 2.27. The first-order valence-electron chi connectivity index (χ1n) is 7.71. The van der Waals surface area contributed by atoms with Gasteiger partial charge in [0.1, 0.15) is 11.9 Å². The van der Waals surface area contributed by atoms with E-state index in [2.05, 4.69) is 9.97 Å². The Hall–Kier alpha value is -2.37. The predicted molar refractivity (Wildman–Crippen MR) is 88.7 cm³/mol. The third-order valence-electron chi connectivity index (χ3n) is 3.88. The summed E-state index contributed by atoms with van der Waals surface area (Å²) in [5, 5.41) is 0. The lowest BCUT2D eigenvalue weighted by atomic mass is 10.2. The summed E-state index contributed by atoms with van der Waals surface area (Å²) in [7, 11) is 3.68. The summed E-state index contributed by atoms with van der Waals surface area (Å²) < 4.78 is 20.0. The highest BCUT2D eigenvalue weighted by molar-refractivity contribution is 5.45. The zero-order valence-electron chi connectivity index (χ0n) is 13.7. The fourth-order valence-electron chi connectivity index (χ4n) is 2.61. The van der Waals surface area contributed by atoms with Gasteiger partial charge in [-0.05, 0) is 19.1 Å². The second-order valence-electron chi connectivity index (χ2n) is 6.02. The molecule has 6 heteroatoms. The molecule has 0 radical (unpaired) electrons. The number of rotatable bonds is 4. The largest absolute Gasteiger partial charge is 0.489 e. The van der Waals surface area contributed by atoms with Crippen LogP contribution in [0, 0.1) is 12.7 Å². The number of hydrogen-bond donors (Lipinski definition) is 0. The molecule has 2 aromatic rings. The van der Waals surface area contributed by atoms with E-state index in [4.69, 9.17) is 4.74 Å². The van der Waals surface area contributed by atoms with Gasteiger partial charge in [-0.15, -0.1) is 0 Å². The number of halogens is 1. The van der Waals surface area contributed by atoms with Crippen molar-refractivity contribution in [3.8, 4) is 5.75 Å². The van der Waals surface area contributed by atoms with E-state index < -0.39 is 5.82 Å². The van der Waals surface area contributed by atoms with Crippen molar-refractivity contribution in [2.45, 2.75) is 19.4 Å². The molecule has 0 saturated carbocycles. The summed E-state index contributed by atoms with van der Waals surface area (Å²) in [6, 6.07) is 7.98. The molecule has 2 heterocycles. The van der Waals surface area contributed by atoms with E-state index in [0.717, 1.165) is 18.7 Å². The average molecular weight is 316 g/mol. The van der Waals surface area contributed by atoms with Crippen LogP contribution in [0.15, 0.2) is 30.5 Å². The van der Waals surface area contributed by atoms with Crippen LogP contribution in [0.5, 0.6) is 5.75 Å². The number of aryl methyl sites for hydroxylation is 1. The Morgan fingerprint density at radius 3 is 2.70 bits per heavy atom.